The molecule has 0 saturated heterocycles. The molecule has 0 bridgehead atoms. The molecule has 6 nitrogen and oxygen atoms in total. The molecule has 0 aliphatic heterocycles. The Bertz CT molecular complexity index is 817. The van der Waals surface area contributed by atoms with Crippen LogP contribution in [-0.2, 0) is 9.51 Å². The molecule has 1 aliphatic rings. The molecular formula is C16H17BrI2N3O3PS2. The Balaban J connectivity index is 1.72. The topological polar surface area (TPSA) is 84.3 Å². The number of aromatic nitrogens is 2. The average Bonchev–Trinajstić information content (AvgIpc) is 3.33. The summed E-state index contributed by atoms with van der Waals surface area (Å²) in [5, 5.41) is 15.8. The van der Waals surface area contributed by atoms with Gasteiger partial charge in [-0.15, -0.1) is 11.3 Å². The van der Waals surface area contributed by atoms with E-state index in [1.165, 1.54) is 29.3 Å². The Morgan fingerprint density at radius 2 is 2.32 bits per heavy atom. The highest BCUT2D eigenvalue weighted by Crippen LogP contribution is 2.65. The monoisotopic (exact) mass is 727 g/mol. The fraction of sp³-hybridized carbons (Fsp3) is 0.438. The standard InChI is InChI=1S/C16H17BrI2N3O3PS2/c17-4-9-1-14(27-7-9)15(24)12-5-20-8-21-16(12)22-11-2-10(6-23)13(3-11)25-28-26(18)19/h1,5,7-8,10-11,13,23H,2-4,6H2,(H,20,21,22)/t10-,11-,13+/m1/s1. The Morgan fingerprint density at radius 3 is 3.00 bits per heavy atom. The highest BCUT2D eigenvalue weighted by Gasteiger charge is 2.36. The molecular weight excluding hydrogens is 711 g/mol. The first-order chi connectivity index (χ1) is 13.5. The molecule has 3 atom stereocenters. The third-order valence-corrected chi connectivity index (χ3v) is 9.98. The SMILES string of the molecule is O=C(c1cc(CBr)cs1)c1cncnc1N[C@@H]1C[C@H](CO)[C@@H](OSP(I)I)C1. The molecule has 2 heterocycles. The van der Waals surface area contributed by atoms with Crippen LogP contribution in [0.3, 0.4) is 0 Å². The van der Waals surface area contributed by atoms with Crippen LogP contribution in [0.15, 0.2) is 24.0 Å². The predicted molar refractivity (Wildman–Crippen MR) is 137 cm³/mol. The van der Waals surface area contributed by atoms with Crippen molar-refractivity contribution in [2.45, 2.75) is 30.3 Å². The normalized spacial score (nSPS) is 22.0. The molecule has 1 fully saturated rings. The number of aliphatic hydroxyl groups excluding tert-OH is 1. The number of hydrogen-bond donors (Lipinski definition) is 2. The number of ketones is 1. The Morgan fingerprint density at radius 1 is 1.50 bits per heavy atom. The van der Waals surface area contributed by atoms with Gasteiger partial charge >= 0.3 is 0 Å². The number of halogens is 3. The van der Waals surface area contributed by atoms with Crippen molar-refractivity contribution < 1.29 is 14.1 Å². The molecule has 0 aromatic carbocycles. The second-order valence-corrected chi connectivity index (χ2v) is 25.2. The molecule has 12 heteroatoms. The van der Waals surface area contributed by atoms with E-state index in [-0.39, 0.29) is 32.9 Å². The molecule has 2 N–H and O–H groups in total. The number of nitrogens with zero attached hydrogens (tertiary/aromatic N) is 2. The van der Waals surface area contributed by atoms with Crippen LogP contribution in [0.5, 0.6) is 0 Å². The second kappa shape index (κ2) is 11.5. The zero-order chi connectivity index (χ0) is 20.1. The van der Waals surface area contributed by atoms with Crippen LogP contribution in [0.25, 0.3) is 0 Å². The van der Waals surface area contributed by atoms with Crippen LogP contribution >= 0.6 is 85.4 Å². The largest absolute Gasteiger partial charge is 0.396 e. The fourth-order valence-corrected chi connectivity index (χ4v) is 7.12. The molecule has 0 radical (unpaired) electrons. The van der Waals surface area contributed by atoms with Gasteiger partial charge in [0, 0.05) is 41.8 Å². The summed E-state index contributed by atoms with van der Waals surface area (Å²) >= 11 is 11.0. The minimum absolute atomic E-state index is 0.0122. The van der Waals surface area contributed by atoms with E-state index < -0.39 is 0 Å². The Kier molecular flexibility index (Phi) is 9.67. The maximum atomic E-state index is 12.9. The minimum Gasteiger partial charge on any atom is -0.396 e. The van der Waals surface area contributed by atoms with E-state index in [4.69, 9.17) is 4.18 Å². The predicted octanol–water partition coefficient (Wildman–Crippen LogP) is 5.98. The van der Waals surface area contributed by atoms with E-state index in [0.29, 0.717) is 21.6 Å². The Labute approximate surface area is 207 Å². The van der Waals surface area contributed by atoms with E-state index in [1.54, 1.807) is 6.20 Å². The summed E-state index contributed by atoms with van der Waals surface area (Å²) in [6, 6.07) is 1.98. The molecule has 0 unspecified atom stereocenters. The molecule has 2 aromatic rings. The van der Waals surface area contributed by atoms with Gasteiger partial charge in [0.2, 0.25) is 5.78 Å². The number of thiophene rings is 1. The van der Waals surface area contributed by atoms with Gasteiger partial charge in [0.1, 0.15) is 14.6 Å². The lowest BCUT2D eigenvalue weighted by atomic mass is 10.1. The lowest BCUT2D eigenvalue weighted by Crippen LogP contribution is -2.20. The number of carbonyl (C=O) groups excluding carboxylic acids is 1. The van der Waals surface area contributed by atoms with Crippen molar-refractivity contribution >= 4 is 97.0 Å². The molecule has 0 amide bonds. The zero-order valence-electron chi connectivity index (χ0n) is 14.4. The molecule has 1 saturated carbocycles. The molecule has 3 rings (SSSR count). The first-order valence-corrected chi connectivity index (χ1v) is 18.6. The van der Waals surface area contributed by atoms with Gasteiger partial charge in [-0.05, 0) is 73.9 Å². The summed E-state index contributed by atoms with van der Waals surface area (Å²) in [6.45, 7) is 0.0872. The molecule has 0 spiro atoms. The minimum atomic E-state index is -0.277. The quantitative estimate of drug-likeness (QED) is 0.108. The van der Waals surface area contributed by atoms with Crippen LogP contribution in [0.2, 0.25) is 0 Å². The summed E-state index contributed by atoms with van der Waals surface area (Å²) in [5.74, 6) is 0.530. The van der Waals surface area contributed by atoms with Crippen LogP contribution in [0, 0.1) is 5.92 Å². The number of rotatable bonds is 9. The van der Waals surface area contributed by atoms with E-state index >= 15 is 0 Å². The van der Waals surface area contributed by atoms with Crippen molar-refractivity contribution in [2.24, 2.45) is 5.92 Å². The van der Waals surface area contributed by atoms with Crippen molar-refractivity contribution in [3.05, 3.63) is 40.0 Å². The van der Waals surface area contributed by atoms with Crippen LogP contribution in [-0.4, -0.2) is 39.6 Å². The number of alkyl halides is 1. The van der Waals surface area contributed by atoms with Gasteiger partial charge in [0.15, 0.2) is 0 Å². The van der Waals surface area contributed by atoms with Crippen molar-refractivity contribution in [1.29, 1.82) is 0 Å². The van der Waals surface area contributed by atoms with Crippen molar-refractivity contribution in [1.82, 2.24) is 9.97 Å². The summed E-state index contributed by atoms with van der Waals surface area (Å²) < 4.78 is 5.65. The smallest absolute Gasteiger partial charge is 0.208 e. The van der Waals surface area contributed by atoms with Gasteiger partial charge in [-0.2, -0.15) is 0 Å². The van der Waals surface area contributed by atoms with Gasteiger partial charge in [-0.3, -0.25) is 4.79 Å². The summed E-state index contributed by atoms with van der Waals surface area (Å²) in [4.78, 5) is 22.0. The van der Waals surface area contributed by atoms with Crippen molar-refractivity contribution in [2.75, 3.05) is 11.9 Å². The highest BCUT2D eigenvalue weighted by atomic mass is 127. The molecule has 152 valence electrons. The fourth-order valence-electron chi connectivity index (χ4n) is 3.10. The van der Waals surface area contributed by atoms with Gasteiger partial charge in [-0.25, -0.2) is 9.97 Å². The van der Waals surface area contributed by atoms with Crippen LogP contribution < -0.4 is 5.32 Å². The number of aliphatic hydroxyl groups is 1. The van der Waals surface area contributed by atoms with Gasteiger partial charge in [0.05, 0.1) is 16.5 Å². The van der Waals surface area contributed by atoms with Gasteiger partial charge < -0.3 is 14.6 Å². The lowest BCUT2D eigenvalue weighted by Gasteiger charge is -2.16. The van der Waals surface area contributed by atoms with E-state index in [9.17, 15) is 9.90 Å². The molecule has 2 aromatic heterocycles. The van der Waals surface area contributed by atoms with Crippen molar-refractivity contribution in [3.63, 3.8) is 0 Å². The van der Waals surface area contributed by atoms with Gasteiger partial charge in [0.25, 0.3) is 0 Å². The van der Waals surface area contributed by atoms with Crippen LogP contribution in [0.1, 0.15) is 33.6 Å². The van der Waals surface area contributed by atoms with E-state index in [2.05, 4.69) is 75.3 Å². The summed E-state index contributed by atoms with van der Waals surface area (Å²) in [5.41, 5.74) is 1.54. The number of hydrogen-bond acceptors (Lipinski definition) is 8. The van der Waals surface area contributed by atoms with Crippen LogP contribution in [0.4, 0.5) is 5.82 Å². The molecule has 28 heavy (non-hydrogen) atoms. The summed E-state index contributed by atoms with van der Waals surface area (Å²) in [6.07, 6.45) is 4.53. The van der Waals surface area contributed by atoms with Gasteiger partial charge in [-0.1, -0.05) is 15.9 Å². The summed E-state index contributed by atoms with van der Waals surface area (Å²) in [7, 11) is 0. The lowest BCUT2D eigenvalue weighted by molar-refractivity contribution is 0.104. The third-order valence-electron chi connectivity index (χ3n) is 4.42. The zero-order valence-corrected chi connectivity index (χ0v) is 22.9. The Hall–Kier alpha value is 0.890. The number of carbonyl (C=O) groups is 1. The van der Waals surface area contributed by atoms with E-state index in [0.717, 1.165) is 18.4 Å². The number of nitrogens with one attached hydrogen (secondary N) is 1. The first kappa shape index (κ1) is 23.6. The maximum absolute atomic E-state index is 12.9. The third kappa shape index (κ3) is 6.21. The average molecular weight is 728 g/mol. The second-order valence-electron chi connectivity index (χ2n) is 6.23. The van der Waals surface area contributed by atoms with Crippen molar-refractivity contribution in [3.8, 4) is 0 Å². The number of anilines is 1. The maximum Gasteiger partial charge on any atom is 0.208 e. The first-order valence-electron chi connectivity index (χ1n) is 8.32. The molecule has 1 aliphatic carbocycles. The van der Waals surface area contributed by atoms with E-state index in [1.807, 2.05) is 11.4 Å². The highest BCUT2D eigenvalue weighted by molar-refractivity contribution is 14.3.